The van der Waals surface area contributed by atoms with Gasteiger partial charge < -0.3 is 24.0 Å². The molecule has 0 radical (unpaired) electrons. The fourth-order valence-electron chi connectivity index (χ4n) is 4.22. The standard InChI is InChI=1S/C29H25ClN4O4S/c30-23-19-21(8-11-24(23)33-14-16-34(17-15-33)28(36)26-7-4-18-37-26)31-29(39)32-27(35)13-10-22-9-12-25(38-22)20-5-2-1-3-6-20/h1-13,18-19H,14-17H2,(H2,31,32,35,39). The van der Waals surface area contributed by atoms with Crippen LogP contribution in [0.1, 0.15) is 16.3 Å². The van der Waals surface area contributed by atoms with Gasteiger partial charge in [0.05, 0.1) is 17.0 Å². The molecular weight excluding hydrogens is 536 g/mol. The van der Waals surface area contributed by atoms with Crippen LogP contribution in [0.15, 0.2) is 94.0 Å². The zero-order chi connectivity index (χ0) is 27.2. The predicted molar refractivity (Wildman–Crippen MR) is 156 cm³/mol. The Morgan fingerprint density at radius 1 is 0.949 bits per heavy atom. The Morgan fingerprint density at radius 2 is 1.74 bits per heavy atom. The van der Waals surface area contributed by atoms with Crippen LogP contribution in [-0.4, -0.2) is 48.0 Å². The molecule has 0 bridgehead atoms. The van der Waals surface area contributed by atoms with Gasteiger partial charge in [0.15, 0.2) is 10.9 Å². The highest BCUT2D eigenvalue weighted by atomic mass is 35.5. The van der Waals surface area contributed by atoms with Crippen molar-refractivity contribution in [1.29, 1.82) is 0 Å². The summed E-state index contributed by atoms with van der Waals surface area (Å²) in [6.45, 7) is 2.40. The number of nitrogens with one attached hydrogen (secondary N) is 2. The smallest absolute Gasteiger partial charge is 0.289 e. The second-order valence-corrected chi connectivity index (χ2v) is 9.58. The Hall–Kier alpha value is -4.34. The van der Waals surface area contributed by atoms with Gasteiger partial charge in [0.25, 0.3) is 5.91 Å². The minimum Gasteiger partial charge on any atom is -0.459 e. The Labute approximate surface area is 235 Å². The third kappa shape index (κ3) is 6.57. The molecule has 4 aromatic rings. The van der Waals surface area contributed by atoms with Crippen LogP contribution in [0.3, 0.4) is 0 Å². The Bertz CT molecular complexity index is 1490. The lowest BCUT2D eigenvalue weighted by molar-refractivity contribution is -0.115. The molecule has 0 spiro atoms. The molecule has 0 unspecified atom stereocenters. The number of carbonyl (C=O) groups excluding carboxylic acids is 2. The van der Waals surface area contributed by atoms with Crippen LogP contribution in [0, 0.1) is 0 Å². The summed E-state index contributed by atoms with van der Waals surface area (Å²) >= 11 is 11.9. The normalized spacial score (nSPS) is 13.5. The lowest BCUT2D eigenvalue weighted by Crippen LogP contribution is -2.48. The maximum atomic E-state index is 12.5. The van der Waals surface area contributed by atoms with Crippen LogP contribution < -0.4 is 15.5 Å². The fourth-order valence-corrected chi connectivity index (χ4v) is 4.74. The van der Waals surface area contributed by atoms with Crippen molar-refractivity contribution in [3.8, 4) is 11.3 Å². The molecule has 2 aromatic heterocycles. The van der Waals surface area contributed by atoms with E-state index < -0.39 is 5.91 Å². The second kappa shape index (κ2) is 12.0. The van der Waals surface area contributed by atoms with Crippen LogP contribution >= 0.6 is 23.8 Å². The molecule has 5 rings (SSSR count). The van der Waals surface area contributed by atoms with Gasteiger partial charge in [0.2, 0.25) is 5.91 Å². The summed E-state index contributed by atoms with van der Waals surface area (Å²) in [5, 5.41) is 6.27. The van der Waals surface area contributed by atoms with Gasteiger partial charge >= 0.3 is 0 Å². The van der Waals surface area contributed by atoms with E-state index in [0.29, 0.717) is 48.4 Å². The van der Waals surface area contributed by atoms with E-state index in [0.717, 1.165) is 17.0 Å². The van der Waals surface area contributed by atoms with Crippen molar-refractivity contribution in [2.75, 3.05) is 36.4 Å². The molecule has 3 heterocycles. The topological polar surface area (TPSA) is 91.0 Å². The number of rotatable bonds is 6. The van der Waals surface area contributed by atoms with Gasteiger partial charge in [-0.3, -0.25) is 14.9 Å². The lowest BCUT2D eigenvalue weighted by atomic mass is 10.2. The zero-order valence-corrected chi connectivity index (χ0v) is 22.4. The Kier molecular flexibility index (Phi) is 8.10. The molecule has 2 N–H and O–H groups in total. The lowest BCUT2D eigenvalue weighted by Gasteiger charge is -2.36. The van der Waals surface area contributed by atoms with E-state index >= 15 is 0 Å². The first kappa shape index (κ1) is 26.3. The molecule has 1 aliphatic rings. The summed E-state index contributed by atoms with van der Waals surface area (Å²) < 4.78 is 11.0. The van der Waals surface area contributed by atoms with Gasteiger partial charge in [-0.15, -0.1) is 0 Å². The van der Waals surface area contributed by atoms with E-state index in [4.69, 9.17) is 32.7 Å². The molecule has 1 fully saturated rings. The van der Waals surface area contributed by atoms with Crippen molar-refractivity contribution in [2.45, 2.75) is 0 Å². The van der Waals surface area contributed by atoms with Gasteiger partial charge in [-0.25, -0.2) is 0 Å². The number of benzene rings is 2. The van der Waals surface area contributed by atoms with E-state index in [-0.39, 0.29) is 11.0 Å². The number of nitrogens with zero attached hydrogens (tertiary/aromatic N) is 2. The largest absolute Gasteiger partial charge is 0.459 e. The van der Waals surface area contributed by atoms with Crippen LogP contribution in [0.4, 0.5) is 11.4 Å². The highest BCUT2D eigenvalue weighted by Gasteiger charge is 2.24. The zero-order valence-electron chi connectivity index (χ0n) is 20.8. The third-order valence-corrected chi connectivity index (χ3v) is 6.67. The number of hydrogen-bond acceptors (Lipinski definition) is 6. The van der Waals surface area contributed by atoms with Crippen LogP contribution in [0.25, 0.3) is 17.4 Å². The van der Waals surface area contributed by atoms with Crippen molar-refractivity contribution in [1.82, 2.24) is 10.2 Å². The van der Waals surface area contributed by atoms with Crippen molar-refractivity contribution < 1.29 is 18.4 Å². The van der Waals surface area contributed by atoms with Gasteiger partial charge in [0.1, 0.15) is 11.5 Å². The predicted octanol–water partition coefficient (Wildman–Crippen LogP) is 5.68. The highest BCUT2D eigenvalue weighted by molar-refractivity contribution is 7.80. The summed E-state index contributed by atoms with van der Waals surface area (Å²) in [5.74, 6) is 1.11. The molecule has 39 heavy (non-hydrogen) atoms. The number of furan rings is 2. The summed E-state index contributed by atoms with van der Waals surface area (Å²) in [7, 11) is 0. The molecule has 2 amide bonds. The minimum atomic E-state index is -0.394. The van der Waals surface area contributed by atoms with E-state index in [1.807, 2.05) is 48.5 Å². The molecule has 2 aromatic carbocycles. The summed E-state index contributed by atoms with van der Waals surface area (Å²) in [6.07, 6.45) is 4.43. The molecule has 8 nitrogen and oxygen atoms in total. The second-order valence-electron chi connectivity index (χ2n) is 8.77. The SMILES string of the molecule is O=C(C=Cc1ccc(-c2ccccc2)o1)NC(=S)Nc1ccc(N2CCN(C(=O)c3ccco3)CC2)c(Cl)c1. The molecule has 0 aliphatic carbocycles. The molecule has 10 heteroatoms. The van der Waals surface area contributed by atoms with Crippen LogP contribution in [0.5, 0.6) is 0 Å². The Balaban J connectivity index is 1.11. The number of hydrogen-bond donors (Lipinski definition) is 2. The van der Waals surface area contributed by atoms with E-state index in [1.165, 1.54) is 12.3 Å². The van der Waals surface area contributed by atoms with Crippen molar-refractivity contribution in [3.63, 3.8) is 0 Å². The average Bonchev–Trinajstić information content (AvgIpc) is 3.65. The molecule has 1 saturated heterocycles. The first-order chi connectivity index (χ1) is 19.0. The number of amides is 2. The monoisotopic (exact) mass is 560 g/mol. The van der Waals surface area contributed by atoms with E-state index in [1.54, 1.807) is 35.2 Å². The van der Waals surface area contributed by atoms with Gasteiger partial charge in [-0.1, -0.05) is 41.9 Å². The van der Waals surface area contributed by atoms with Crippen LogP contribution in [0.2, 0.25) is 5.02 Å². The molecule has 0 saturated carbocycles. The molecule has 1 aliphatic heterocycles. The number of halogens is 1. The maximum absolute atomic E-state index is 12.5. The van der Waals surface area contributed by atoms with Crippen molar-refractivity contribution >= 4 is 58.2 Å². The number of carbonyl (C=O) groups is 2. The van der Waals surface area contributed by atoms with Gasteiger partial charge in [-0.05, 0) is 60.8 Å². The Morgan fingerprint density at radius 3 is 2.46 bits per heavy atom. The maximum Gasteiger partial charge on any atom is 0.289 e. The molecule has 0 atom stereocenters. The third-order valence-electron chi connectivity index (χ3n) is 6.17. The highest BCUT2D eigenvalue weighted by Crippen LogP contribution is 2.30. The number of piperazine rings is 1. The van der Waals surface area contributed by atoms with Gasteiger partial charge in [0, 0.05) is 43.5 Å². The van der Waals surface area contributed by atoms with Gasteiger partial charge in [-0.2, -0.15) is 0 Å². The first-order valence-corrected chi connectivity index (χ1v) is 13.1. The average molecular weight is 561 g/mol. The number of thiocarbonyl (C=S) groups is 1. The quantitative estimate of drug-likeness (QED) is 0.231. The fraction of sp³-hybridized carbons (Fsp3) is 0.138. The number of anilines is 2. The van der Waals surface area contributed by atoms with Crippen molar-refractivity contribution in [2.24, 2.45) is 0 Å². The van der Waals surface area contributed by atoms with E-state index in [2.05, 4.69) is 15.5 Å². The summed E-state index contributed by atoms with van der Waals surface area (Å²) in [6, 6.07) is 22.2. The van der Waals surface area contributed by atoms with E-state index in [9.17, 15) is 9.59 Å². The summed E-state index contributed by atoms with van der Waals surface area (Å²) in [4.78, 5) is 28.7. The first-order valence-electron chi connectivity index (χ1n) is 12.3. The molecule has 198 valence electrons. The molecular formula is C29H25ClN4O4S. The van der Waals surface area contributed by atoms with Crippen molar-refractivity contribution in [3.05, 3.63) is 102 Å². The van der Waals surface area contributed by atoms with Crippen LogP contribution in [-0.2, 0) is 4.79 Å². The minimum absolute atomic E-state index is 0.114. The summed E-state index contributed by atoms with van der Waals surface area (Å²) in [5.41, 5.74) is 2.46.